The maximum absolute atomic E-state index is 14.0. The molecule has 14 heteroatoms. The number of aromatic nitrogens is 1. The Bertz CT molecular complexity index is 1720. The first-order valence-electron chi connectivity index (χ1n) is 15.3. The molecule has 2 saturated heterocycles. The number of aliphatic hydroxyl groups excluding tert-OH is 1. The molecule has 0 saturated carbocycles. The van der Waals surface area contributed by atoms with Gasteiger partial charge in [-0.25, -0.2) is 14.2 Å². The molecule has 3 atom stereocenters. The number of piperazine rings is 1. The summed E-state index contributed by atoms with van der Waals surface area (Å²) in [6, 6.07) is 10.5. The summed E-state index contributed by atoms with van der Waals surface area (Å²) < 4.78 is 19.5. The molecule has 0 spiro atoms. The number of aliphatic imine (C=N–C) groups is 1. The van der Waals surface area contributed by atoms with Crippen LogP contribution in [0.5, 0.6) is 0 Å². The van der Waals surface area contributed by atoms with Crippen molar-refractivity contribution in [2.24, 2.45) is 4.99 Å². The van der Waals surface area contributed by atoms with Crippen LogP contribution in [0.25, 0.3) is 0 Å². The van der Waals surface area contributed by atoms with Gasteiger partial charge in [0.05, 0.1) is 17.6 Å². The first-order valence-corrected chi connectivity index (χ1v) is 16.6. The van der Waals surface area contributed by atoms with Crippen molar-refractivity contribution in [1.29, 1.82) is 0 Å². The second-order valence-electron chi connectivity index (χ2n) is 12.2. The van der Waals surface area contributed by atoms with Crippen LogP contribution in [0.15, 0.2) is 70.3 Å². The highest BCUT2D eigenvalue weighted by molar-refractivity contribution is 7.11. The highest BCUT2D eigenvalue weighted by Gasteiger charge is 2.43. The molecule has 0 amide bonds. The van der Waals surface area contributed by atoms with Crippen LogP contribution in [0.4, 0.5) is 10.1 Å². The van der Waals surface area contributed by atoms with Crippen molar-refractivity contribution in [3.05, 3.63) is 92.3 Å². The van der Waals surface area contributed by atoms with Gasteiger partial charge in [0.2, 0.25) is 0 Å². The number of benzene rings is 2. The summed E-state index contributed by atoms with van der Waals surface area (Å²) in [6.07, 6.45) is 0.835. The molecule has 0 bridgehead atoms. The second kappa shape index (κ2) is 13.3. The normalized spacial score (nSPS) is 22.1. The molecular formula is C33H36ClFN6O5S. The predicted octanol–water partition coefficient (Wildman–Crippen LogP) is 3.99. The van der Waals surface area contributed by atoms with E-state index in [1.807, 2.05) is 27.3 Å². The van der Waals surface area contributed by atoms with E-state index in [2.05, 4.69) is 15.2 Å². The van der Waals surface area contributed by atoms with Crippen LogP contribution in [0, 0.1) is 5.82 Å². The fraction of sp³-hybridized carbons (Fsp3) is 0.394. The molecular weight excluding hydrogens is 647 g/mol. The molecule has 2 fully saturated rings. The number of esters is 1. The standard InChI is InChI=1S/C33H36ClFN6O5S/c1-4-46-30(42)26-25(37-28(29-36-11-14-47-29)38-27(26)23-10-7-20(35)15-24(23)34)18-39-12-13-40-22(16-39)17-41(32(40)45)21-8-5-19(6-9-21)33(2,3)31(43)44/h5-11,14-15,22,27,32,45H,4,12-13,16-18H2,1-3H3,(H,37,38)(H,43,44)/t22-,27-,32?/m0/s1. The van der Waals surface area contributed by atoms with E-state index in [-0.39, 0.29) is 17.7 Å². The van der Waals surface area contributed by atoms with Gasteiger partial charge in [0.15, 0.2) is 17.2 Å². The third kappa shape index (κ3) is 6.50. The number of aliphatic hydroxyl groups is 1. The van der Waals surface area contributed by atoms with Gasteiger partial charge >= 0.3 is 11.9 Å². The number of hydrogen-bond donors (Lipinski definition) is 3. The average molecular weight is 683 g/mol. The first-order chi connectivity index (χ1) is 22.5. The van der Waals surface area contributed by atoms with Crippen LogP contribution < -0.4 is 10.2 Å². The number of carboxylic acids is 1. The number of halogens is 2. The molecule has 1 aromatic heterocycles. The quantitative estimate of drug-likeness (QED) is 0.285. The van der Waals surface area contributed by atoms with Crippen LogP contribution in [0.1, 0.15) is 42.9 Å². The summed E-state index contributed by atoms with van der Waals surface area (Å²) >= 11 is 7.91. The highest BCUT2D eigenvalue weighted by Crippen LogP contribution is 2.38. The number of nitrogens with one attached hydrogen (secondary N) is 1. The molecule has 3 aliphatic rings. The van der Waals surface area contributed by atoms with Crippen LogP contribution >= 0.6 is 22.9 Å². The molecule has 11 nitrogen and oxygen atoms in total. The molecule has 4 heterocycles. The molecule has 1 unspecified atom stereocenters. The minimum absolute atomic E-state index is 0.0152. The number of anilines is 1. The predicted molar refractivity (Wildman–Crippen MR) is 177 cm³/mol. The lowest BCUT2D eigenvalue weighted by molar-refractivity contribution is -0.142. The van der Waals surface area contributed by atoms with Crippen molar-refractivity contribution in [1.82, 2.24) is 20.1 Å². The van der Waals surface area contributed by atoms with Gasteiger partial charge in [0.25, 0.3) is 0 Å². The van der Waals surface area contributed by atoms with Gasteiger partial charge in [-0.2, -0.15) is 0 Å². The van der Waals surface area contributed by atoms with E-state index in [9.17, 15) is 24.2 Å². The monoisotopic (exact) mass is 682 g/mol. The van der Waals surface area contributed by atoms with Gasteiger partial charge in [-0.15, -0.1) is 11.3 Å². The molecule has 47 heavy (non-hydrogen) atoms. The lowest BCUT2D eigenvalue weighted by atomic mass is 9.85. The molecule has 3 N–H and O–H groups in total. The van der Waals surface area contributed by atoms with E-state index in [0.717, 1.165) is 5.69 Å². The Balaban J connectivity index is 1.27. The molecule has 3 aromatic rings. The summed E-state index contributed by atoms with van der Waals surface area (Å²) in [6.45, 7) is 7.91. The number of carbonyl (C=O) groups excluding carboxylic acids is 1. The van der Waals surface area contributed by atoms with Crippen molar-refractivity contribution in [3.63, 3.8) is 0 Å². The number of hydrogen-bond acceptors (Lipinski definition) is 11. The van der Waals surface area contributed by atoms with Crippen molar-refractivity contribution in [2.75, 3.05) is 44.2 Å². The van der Waals surface area contributed by atoms with Crippen LogP contribution in [0.2, 0.25) is 5.02 Å². The maximum Gasteiger partial charge on any atom is 0.338 e. The fourth-order valence-electron chi connectivity index (χ4n) is 6.27. The summed E-state index contributed by atoms with van der Waals surface area (Å²) in [5, 5.41) is 26.9. The van der Waals surface area contributed by atoms with Crippen LogP contribution in [-0.2, 0) is 19.7 Å². The number of ether oxygens (including phenoxy) is 1. The summed E-state index contributed by atoms with van der Waals surface area (Å²) in [5.41, 5.74) is 1.80. The Labute approximate surface area is 280 Å². The van der Waals surface area contributed by atoms with Gasteiger partial charge in [-0.3, -0.25) is 19.6 Å². The third-order valence-corrected chi connectivity index (χ3v) is 10.1. The third-order valence-electron chi connectivity index (χ3n) is 8.95. The molecule has 2 aromatic carbocycles. The largest absolute Gasteiger partial charge is 0.481 e. The number of carbonyl (C=O) groups is 2. The summed E-state index contributed by atoms with van der Waals surface area (Å²) in [5.74, 6) is -1.47. The minimum Gasteiger partial charge on any atom is -0.481 e. The number of thiazole rings is 1. The Kier molecular flexibility index (Phi) is 9.36. The summed E-state index contributed by atoms with van der Waals surface area (Å²) in [4.78, 5) is 40.7. The molecule has 6 rings (SSSR count). The van der Waals surface area contributed by atoms with Crippen molar-refractivity contribution in [3.8, 4) is 0 Å². The van der Waals surface area contributed by atoms with Crippen molar-refractivity contribution in [2.45, 2.75) is 44.6 Å². The molecule has 0 aliphatic carbocycles. The van der Waals surface area contributed by atoms with E-state index < -0.39 is 35.6 Å². The van der Waals surface area contributed by atoms with Gasteiger partial charge in [0, 0.05) is 72.3 Å². The highest BCUT2D eigenvalue weighted by atomic mass is 35.5. The smallest absolute Gasteiger partial charge is 0.338 e. The van der Waals surface area contributed by atoms with Crippen molar-refractivity contribution >= 4 is 46.4 Å². The fourth-order valence-corrected chi connectivity index (χ4v) is 7.12. The number of rotatable bonds is 9. The van der Waals surface area contributed by atoms with E-state index in [4.69, 9.17) is 21.3 Å². The van der Waals surface area contributed by atoms with Crippen LogP contribution in [0.3, 0.4) is 0 Å². The van der Waals surface area contributed by atoms with Crippen LogP contribution in [-0.4, -0.2) is 94.5 Å². The number of nitrogens with zero attached hydrogens (tertiary/aromatic N) is 5. The van der Waals surface area contributed by atoms with E-state index in [0.29, 0.717) is 66.0 Å². The zero-order chi connectivity index (χ0) is 33.5. The maximum atomic E-state index is 14.0. The Morgan fingerprint density at radius 2 is 1.94 bits per heavy atom. The zero-order valence-electron chi connectivity index (χ0n) is 26.2. The number of carboxylic acid groups (broad SMARTS) is 1. The lowest BCUT2D eigenvalue weighted by Crippen LogP contribution is -2.54. The van der Waals surface area contributed by atoms with E-state index >= 15 is 0 Å². The first kappa shape index (κ1) is 33.0. The van der Waals surface area contributed by atoms with Gasteiger partial charge < -0.3 is 25.2 Å². The van der Waals surface area contributed by atoms with Gasteiger partial charge in [-0.1, -0.05) is 29.8 Å². The van der Waals surface area contributed by atoms with Gasteiger partial charge in [-0.05, 0) is 50.6 Å². The number of fused-ring (bicyclic) bond motifs is 1. The SMILES string of the molecule is CCOC(=O)C1=C(CN2CCN3C(O)N(c4ccc(C(C)(C)C(=O)O)cc4)C[C@@H]3C2)NC(c2nccs2)=N[C@H]1c1ccc(F)cc1Cl. The van der Waals surface area contributed by atoms with E-state index in [1.54, 1.807) is 39.1 Å². The minimum atomic E-state index is -1.03. The Hall–Kier alpha value is -3.88. The molecule has 0 radical (unpaired) electrons. The molecule has 3 aliphatic heterocycles. The zero-order valence-corrected chi connectivity index (χ0v) is 27.8. The molecule has 248 valence electrons. The second-order valence-corrected chi connectivity index (χ2v) is 13.5. The summed E-state index contributed by atoms with van der Waals surface area (Å²) in [7, 11) is 0. The Morgan fingerprint density at radius 3 is 2.60 bits per heavy atom. The Morgan fingerprint density at radius 1 is 1.17 bits per heavy atom. The van der Waals surface area contributed by atoms with Crippen molar-refractivity contribution < 1.29 is 28.9 Å². The lowest BCUT2D eigenvalue weighted by Gasteiger charge is -2.39. The average Bonchev–Trinajstić information content (AvgIpc) is 3.69. The van der Waals surface area contributed by atoms with E-state index in [1.165, 1.54) is 29.5 Å². The number of amidine groups is 1. The topological polar surface area (TPSA) is 131 Å². The van der Waals surface area contributed by atoms with Gasteiger partial charge in [0.1, 0.15) is 11.9 Å². The number of aliphatic carboxylic acids is 1.